The van der Waals surface area contributed by atoms with Crippen LogP contribution in [-0.2, 0) is 0 Å². The van der Waals surface area contributed by atoms with Crippen molar-refractivity contribution in [2.24, 2.45) is 0 Å². The van der Waals surface area contributed by atoms with Crippen LogP contribution in [0, 0.1) is 0 Å². The number of hydrogen-bond donors (Lipinski definition) is 0. The summed E-state index contributed by atoms with van der Waals surface area (Å²) in [7, 11) is 0. The van der Waals surface area contributed by atoms with Crippen LogP contribution < -0.4 is 0 Å². The summed E-state index contributed by atoms with van der Waals surface area (Å²) < 4.78 is 0. The molecule has 0 N–H and O–H groups in total. The Bertz CT molecular complexity index is 383. The fraction of sp³-hybridized carbons (Fsp3) is 0.773. The van der Waals surface area contributed by atoms with Crippen LogP contribution >= 0.6 is 11.3 Å². The van der Waals surface area contributed by atoms with Gasteiger partial charge >= 0.3 is 0 Å². The minimum Gasteiger partial charge on any atom is -0.293 e. The molecule has 2 heteroatoms. The van der Waals surface area contributed by atoms with E-state index < -0.39 is 0 Å². The number of hydrogen-bond acceptors (Lipinski definition) is 2. The van der Waals surface area contributed by atoms with Gasteiger partial charge in [0, 0.05) is 6.42 Å². The molecule has 0 unspecified atom stereocenters. The minimum atomic E-state index is 0.333. The Morgan fingerprint density at radius 3 is 1.62 bits per heavy atom. The summed E-state index contributed by atoms with van der Waals surface area (Å²) in [6.45, 7) is 2.28. The van der Waals surface area contributed by atoms with Crippen molar-refractivity contribution < 1.29 is 4.79 Å². The number of ketones is 1. The normalized spacial score (nSPS) is 11.0. The van der Waals surface area contributed by atoms with Crippen molar-refractivity contribution in [2.75, 3.05) is 0 Å². The largest absolute Gasteiger partial charge is 0.293 e. The second-order valence-corrected chi connectivity index (χ2v) is 8.05. The molecule has 0 aliphatic heterocycles. The van der Waals surface area contributed by atoms with Gasteiger partial charge in [-0.05, 0) is 17.9 Å². The number of carbonyl (C=O) groups is 1. The number of rotatable bonds is 17. The summed E-state index contributed by atoms with van der Waals surface area (Å²) in [5.74, 6) is 0.333. The van der Waals surface area contributed by atoms with E-state index in [4.69, 9.17) is 0 Å². The molecule has 0 bridgehead atoms. The van der Waals surface area contributed by atoms with E-state index in [0.29, 0.717) is 5.78 Å². The van der Waals surface area contributed by atoms with Crippen molar-refractivity contribution in [1.82, 2.24) is 0 Å². The zero-order chi connectivity index (χ0) is 17.3. The molecule has 0 atom stereocenters. The Morgan fingerprint density at radius 1 is 0.750 bits per heavy atom. The number of Topliss-reactive ketones (excluding diaryl/α,β-unsaturated/α-hetero) is 1. The van der Waals surface area contributed by atoms with E-state index in [2.05, 4.69) is 6.92 Å². The molecule has 0 spiro atoms. The second kappa shape index (κ2) is 15.9. The summed E-state index contributed by atoms with van der Waals surface area (Å²) in [6.07, 6.45) is 21.3. The molecule has 0 radical (unpaired) electrons. The van der Waals surface area contributed by atoms with Crippen LogP contribution in [0.4, 0.5) is 0 Å². The molecule has 0 saturated carbocycles. The van der Waals surface area contributed by atoms with Gasteiger partial charge in [-0.15, -0.1) is 11.3 Å². The molecule has 0 fully saturated rings. The topological polar surface area (TPSA) is 17.1 Å². The lowest BCUT2D eigenvalue weighted by Gasteiger charge is -2.03. The van der Waals surface area contributed by atoms with Gasteiger partial charge in [0.2, 0.25) is 0 Å². The van der Waals surface area contributed by atoms with Gasteiger partial charge in [-0.25, -0.2) is 0 Å². The van der Waals surface area contributed by atoms with Crippen molar-refractivity contribution >= 4 is 17.1 Å². The maximum absolute atomic E-state index is 11.9. The van der Waals surface area contributed by atoms with Crippen LogP contribution in [-0.4, -0.2) is 5.78 Å². The molecule has 1 aromatic rings. The van der Waals surface area contributed by atoms with Crippen molar-refractivity contribution in [1.29, 1.82) is 0 Å². The third-order valence-electron chi connectivity index (χ3n) is 4.80. The molecule has 0 aliphatic carbocycles. The summed E-state index contributed by atoms with van der Waals surface area (Å²) in [6, 6.07) is 3.91. The van der Waals surface area contributed by atoms with Crippen LogP contribution in [0.3, 0.4) is 0 Å². The first-order valence-corrected chi connectivity index (χ1v) is 11.3. The maximum Gasteiger partial charge on any atom is 0.172 e. The molecular weight excluding hydrogens is 312 g/mol. The Labute approximate surface area is 154 Å². The molecule has 0 amide bonds. The third kappa shape index (κ3) is 11.8. The standard InChI is InChI=1S/C22H38OS/c1-2-3-4-5-6-7-8-9-10-11-12-13-14-15-16-18-21(23)22-19-17-20-24-22/h17,19-20H,2-16,18H2,1H3. The predicted molar refractivity (Wildman–Crippen MR) is 108 cm³/mol. The third-order valence-corrected chi connectivity index (χ3v) is 5.71. The Kier molecular flexibility index (Phi) is 14.2. The van der Waals surface area contributed by atoms with Crippen LogP contribution in [0.1, 0.15) is 119 Å². The first kappa shape index (κ1) is 21.4. The second-order valence-electron chi connectivity index (χ2n) is 7.10. The zero-order valence-corrected chi connectivity index (χ0v) is 16.7. The van der Waals surface area contributed by atoms with Gasteiger partial charge in [0.25, 0.3) is 0 Å². The lowest BCUT2D eigenvalue weighted by Crippen LogP contribution is -1.95. The molecular formula is C22H38OS. The quantitative estimate of drug-likeness (QED) is 0.204. The highest BCUT2D eigenvalue weighted by molar-refractivity contribution is 7.12. The van der Waals surface area contributed by atoms with Gasteiger partial charge < -0.3 is 0 Å². The first-order valence-electron chi connectivity index (χ1n) is 10.4. The van der Waals surface area contributed by atoms with Gasteiger partial charge in [-0.3, -0.25) is 4.79 Å². The lowest BCUT2D eigenvalue weighted by molar-refractivity contribution is 0.0983. The van der Waals surface area contributed by atoms with Crippen molar-refractivity contribution in [3.05, 3.63) is 22.4 Å². The Hall–Kier alpha value is -0.630. The van der Waals surface area contributed by atoms with Gasteiger partial charge in [-0.2, -0.15) is 0 Å². The highest BCUT2D eigenvalue weighted by Crippen LogP contribution is 2.16. The fourth-order valence-electron chi connectivity index (χ4n) is 3.22. The summed E-state index contributed by atoms with van der Waals surface area (Å²) >= 11 is 1.57. The van der Waals surface area contributed by atoms with Gasteiger partial charge in [0.05, 0.1) is 4.88 Å². The molecule has 0 aromatic carbocycles. The predicted octanol–water partition coefficient (Wildman–Crippen LogP) is 8.19. The summed E-state index contributed by atoms with van der Waals surface area (Å²) in [5, 5.41) is 1.99. The van der Waals surface area contributed by atoms with Crippen LogP contribution in [0.2, 0.25) is 0 Å². The smallest absolute Gasteiger partial charge is 0.172 e. The van der Waals surface area contributed by atoms with Crippen LogP contribution in [0.15, 0.2) is 17.5 Å². The number of thiophene rings is 1. The van der Waals surface area contributed by atoms with Gasteiger partial charge in [0.1, 0.15) is 0 Å². The van der Waals surface area contributed by atoms with Crippen LogP contribution in [0.25, 0.3) is 0 Å². The number of carbonyl (C=O) groups excluding carboxylic acids is 1. The van der Waals surface area contributed by atoms with E-state index in [-0.39, 0.29) is 0 Å². The maximum atomic E-state index is 11.9. The zero-order valence-electron chi connectivity index (χ0n) is 15.9. The Morgan fingerprint density at radius 2 is 1.21 bits per heavy atom. The average Bonchev–Trinajstić information content (AvgIpc) is 3.13. The van der Waals surface area contributed by atoms with E-state index in [9.17, 15) is 4.79 Å². The molecule has 1 rings (SSSR count). The molecule has 1 heterocycles. The van der Waals surface area contributed by atoms with Crippen molar-refractivity contribution in [3.63, 3.8) is 0 Å². The molecule has 138 valence electrons. The monoisotopic (exact) mass is 350 g/mol. The summed E-state index contributed by atoms with van der Waals surface area (Å²) in [4.78, 5) is 12.8. The lowest BCUT2D eigenvalue weighted by atomic mass is 10.0. The van der Waals surface area contributed by atoms with Crippen molar-refractivity contribution in [2.45, 2.75) is 110 Å². The van der Waals surface area contributed by atoms with E-state index in [0.717, 1.165) is 17.7 Å². The fourth-order valence-corrected chi connectivity index (χ4v) is 3.91. The van der Waals surface area contributed by atoms with E-state index in [1.807, 2.05) is 17.5 Å². The van der Waals surface area contributed by atoms with Crippen molar-refractivity contribution in [3.8, 4) is 0 Å². The van der Waals surface area contributed by atoms with E-state index in [1.54, 1.807) is 11.3 Å². The molecule has 1 nitrogen and oxygen atoms in total. The molecule has 0 saturated heterocycles. The SMILES string of the molecule is CCCCCCCCCCCCCCCCCC(=O)c1cccs1. The molecule has 24 heavy (non-hydrogen) atoms. The minimum absolute atomic E-state index is 0.333. The van der Waals surface area contributed by atoms with Gasteiger partial charge in [0.15, 0.2) is 5.78 Å². The van der Waals surface area contributed by atoms with E-state index >= 15 is 0 Å². The number of unbranched alkanes of at least 4 members (excludes halogenated alkanes) is 14. The van der Waals surface area contributed by atoms with E-state index in [1.165, 1.54) is 89.9 Å². The molecule has 0 aliphatic rings. The highest BCUT2D eigenvalue weighted by atomic mass is 32.1. The van der Waals surface area contributed by atoms with Crippen LogP contribution in [0.5, 0.6) is 0 Å². The first-order chi connectivity index (χ1) is 11.8. The van der Waals surface area contributed by atoms with Gasteiger partial charge in [-0.1, -0.05) is 103 Å². The average molecular weight is 351 g/mol. The molecule has 1 aromatic heterocycles. The highest BCUT2D eigenvalue weighted by Gasteiger charge is 2.05. The summed E-state index contributed by atoms with van der Waals surface area (Å²) in [5.41, 5.74) is 0. The Balaban J connectivity index is 1.74.